The van der Waals surface area contributed by atoms with E-state index in [1.807, 2.05) is 24.3 Å². The molecule has 1 fully saturated rings. The number of nitrogens with zero attached hydrogens (tertiary/aromatic N) is 1. The Morgan fingerprint density at radius 3 is 2.26 bits per heavy atom. The molecule has 0 bridgehead atoms. The van der Waals surface area contributed by atoms with Crippen LogP contribution in [-0.2, 0) is 17.8 Å². The smallest absolute Gasteiger partial charge is 0.230 e. The predicted molar refractivity (Wildman–Crippen MR) is 115 cm³/mol. The molecule has 1 aliphatic heterocycles. The van der Waals surface area contributed by atoms with Crippen LogP contribution >= 0.6 is 23.8 Å². The van der Waals surface area contributed by atoms with Gasteiger partial charge in [0.15, 0.2) is 5.11 Å². The molecule has 3 rings (SSSR count). The summed E-state index contributed by atoms with van der Waals surface area (Å²) in [5.41, 5.74) is 3.05. The molecule has 0 radical (unpaired) electrons. The van der Waals surface area contributed by atoms with Crippen LogP contribution in [0.2, 0.25) is 5.02 Å². The van der Waals surface area contributed by atoms with Crippen LogP contribution in [-0.4, -0.2) is 29.0 Å². The lowest BCUT2D eigenvalue weighted by molar-refractivity contribution is -0.119. The highest BCUT2D eigenvalue weighted by Gasteiger charge is 2.10. The van der Waals surface area contributed by atoms with E-state index >= 15 is 0 Å². The van der Waals surface area contributed by atoms with Crippen LogP contribution in [0.4, 0.5) is 5.69 Å². The summed E-state index contributed by atoms with van der Waals surface area (Å²) in [6.45, 7) is 3.36. The molecule has 0 spiro atoms. The summed E-state index contributed by atoms with van der Waals surface area (Å²) in [6.07, 6.45) is 4.20. The number of piperidine rings is 1. The zero-order chi connectivity index (χ0) is 19.1. The van der Waals surface area contributed by atoms with Gasteiger partial charge in [0.25, 0.3) is 0 Å². The maximum atomic E-state index is 12.1. The van der Waals surface area contributed by atoms with Gasteiger partial charge in [0, 0.05) is 17.3 Å². The van der Waals surface area contributed by atoms with E-state index in [2.05, 4.69) is 27.7 Å². The van der Waals surface area contributed by atoms with Crippen molar-refractivity contribution in [3.8, 4) is 0 Å². The van der Waals surface area contributed by atoms with E-state index in [9.17, 15) is 4.79 Å². The van der Waals surface area contributed by atoms with Gasteiger partial charge in [-0.3, -0.25) is 9.69 Å². The van der Waals surface area contributed by atoms with Gasteiger partial charge in [-0.15, -0.1) is 0 Å². The number of amides is 1. The molecule has 0 unspecified atom stereocenters. The highest BCUT2D eigenvalue weighted by atomic mass is 35.5. The molecular weight excluding hydrogens is 378 g/mol. The fourth-order valence-corrected chi connectivity index (χ4v) is 3.55. The van der Waals surface area contributed by atoms with Gasteiger partial charge in [-0.1, -0.05) is 42.3 Å². The van der Waals surface area contributed by atoms with Crippen molar-refractivity contribution in [1.82, 2.24) is 10.2 Å². The highest BCUT2D eigenvalue weighted by molar-refractivity contribution is 7.80. The quantitative estimate of drug-likeness (QED) is 0.729. The Labute approximate surface area is 170 Å². The Balaban J connectivity index is 1.45. The Hall–Kier alpha value is -1.95. The number of anilines is 1. The van der Waals surface area contributed by atoms with Gasteiger partial charge in [-0.25, -0.2) is 0 Å². The first-order chi connectivity index (χ1) is 13.1. The molecule has 1 heterocycles. The van der Waals surface area contributed by atoms with Crippen LogP contribution in [0.3, 0.4) is 0 Å². The molecule has 0 aliphatic carbocycles. The second-order valence-corrected chi connectivity index (χ2v) is 7.68. The monoisotopic (exact) mass is 401 g/mol. The normalized spacial score (nSPS) is 14.6. The van der Waals surface area contributed by atoms with Crippen molar-refractivity contribution < 1.29 is 4.79 Å². The summed E-state index contributed by atoms with van der Waals surface area (Å²) in [6, 6.07) is 15.4. The third-order valence-corrected chi connectivity index (χ3v) is 5.05. The molecular formula is C21H24ClN3OS. The van der Waals surface area contributed by atoms with Crippen molar-refractivity contribution >= 4 is 40.5 Å². The average molecular weight is 402 g/mol. The summed E-state index contributed by atoms with van der Waals surface area (Å²) >= 11 is 11.1. The zero-order valence-electron chi connectivity index (χ0n) is 15.2. The molecule has 2 aromatic carbocycles. The van der Waals surface area contributed by atoms with Crippen molar-refractivity contribution in [2.24, 2.45) is 0 Å². The second kappa shape index (κ2) is 9.83. The summed E-state index contributed by atoms with van der Waals surface area (Å²) in [4.78, 5) is 14.6. The minimum atomic E-state index is -0.156. The molecule has 1 saturated heterocycles. The number of nitrogens with one attached hydrogen (secondary N) is 2. The van der Waals surface area contributed by atoms with Crippen molar-refractivity contribution in [2.45, 2.75) is 32.2 Å². The van der Waals surface area contributed by atoms with Crippen LogP contribution in [0.1, 0.15) is 30.4 Å². The lowest BCUT2D eigenvalue weighted by atomic mass is 10.1. The van der Waals surface area contributed by atoms with Crippen LogP contribution in [0.25, 0.3) is 0 Å². The van der Waals surface area contributed by atoms with E-state index in [4.69, 9.17) is 23.8 Å². The third-order valence-electron chi connectivity index (χ3n) is 4.60. The van der Waals surface area contributed by atoms with E-state index < -0.39 is 0 Å². The number of hydrogen-bond donors (Lipinski definition) is 2. The van der Waals surface area contributed by atoms with Crippen molar-refractivity contribution in [1.29, 1.82) is 0 Å². The van der Waals surface area contributed by atoms with Gasteiger partial charge in [0.2, 0.25) is 5.91 Å². The van der Waals surface area contributed by atoms with Gasteiger partial charge < -0.3 is 10.6 Å². The van der Waals surface area contributed by atoms with Crippen LogP contribution < -0.4 is 10.6 Å². The predicted octanol–water partition coefficient (Wildman–Crippen LogP) is 4.38. The topological polar surface area (TPSA) is 44.4 Å². The van der Waals surface area contributed by atoms with Crippen LogP contribution in [0.5, 0.6) is 0 Å². The van der Waals surface area contributed by atoms with Gasteiger partial charge in [-0.05, 0) is 73.5 Å². The van der Waals surface area contributed by atoms with Crippen LogP contribution in [0.15, 0.2) is 48.5 Å². The number of carbonyl (C=O) groups excluding carboxylic acids is 1. The molecule has 0 saturated carbocycles. The first kappa shape index (κ1) is 19.8. The first-order valence-corrected chi connectivity index (χ1v) is 10.0. The van der Waals surface area contributed by atoms with E-state index in [1.54, 1.807) is 12.1 Å². The average Bonchev–Trinajstić information content (AvgIpc) is 2.66. The minimum absolute atomic E-state index is 0.156. The standard InChI is InChI=1S/C21H24ClN3OS/c22-18-8-4-16(5-9-18)14-20(26)24-21(27)23-19-10-6-17(7-11-19)15-25-12-2-1-3-13-25/h4-11H,1-3,12-15H2,(H2,23,24,26,27). The largest absolute Gasteiger partial charge is 0.332 e. The molecule has 1 amide bonds. The third kappa shape index (κ3) is 6.61. The Kier molecular flexibility index (Phi) is 7.21. The van der Waals surface area contributed by atoms with E-state index in [0.29, 0.717) is 10.1 Å². The van der Waals surface area contributed by atoms with Crippen molar-refractivity contribution in [3.63, 3.8) is 0 Å². The molecule has 4 nitrogen and oxygen atoms in total. The second-order valence-electron chi connectivity index (χ2n) is 6.84. The van der Waals surface area contributed by atoms with E-state index in [1.165, 1.54) is 37.9 Å². The van der Waals surface area contributed by atoms with E-state index in [0.717, 1.165) is 17.8 Å². The Bertz CT molecular complexity index is 771. The number of halogens is 1. The fraction of sp³-hybridized carbons (Fsp3) is 0.333. The number of thiocarbonyl (C=S) groups is 1. The molecule has 1 aliphatic rings. The molecule has 2 N–H and O–H groups in total. The molecule has 142 valence electrons. The maximum Gasteiger partial charge on any atom is 0.230 e. The van der Waals surface area contributed by atoms with Gasteiger partial charge in [0.05, 0.1) is 6.42 Å². The summed E-state index contributed by atoms with van der Waals surface area (Å²) < 4.78 is 0. The van der Waals surface area contributed by atoms with Gasteiger partial charge >= 0.3 is 0 Å². The molecule has 2 aromatic rings. The number of benzene rings is 2. The minimum Gasteiger partial charge on any atom is -0.332 e. The van der Waals surface area contributed by atoms with Gasteiger partial charge in [-0.2, -0.15) is 0 Å². The van der Waals surface area contributed by atoms with E-state index in [-0.39, 0.29) is 12.3 Å². The zero-order valence-corrected chi connectivity index (χ0v) is 16.8. The summed E-state index contributed by atoms with van der Waals surface area (Å²) in [7, 11) is 0. The number of likely N-dealkylation sites (tertiary alicyclic amines) is 1. The molecule has 0 aromatic heterocycles. The highest BCUT2D eigenvalue weighted by Crippen LogP contribution is 2.15. The van der Waals surface area contributed by atoms with Crippen LogP contribution in [0, 0.1) is 0 Å². The van der Waals surface area contributed by atoms with Crippen molar-refractivity contribution in [2.75, 3.05) is 18.4 Å². The summed E-state index contributed by atoms with van der Waals surface area (Å²) in [5.74, 6) is -0.156. The molecule has 27 heavy (non-hydrogen) atoms. The lowest BCUT2D eigenvalue weighted by Gasteiger charge is -2.26. The maximum absolute atomic E-state index is 12.1. The molecule has 0 atom stereocenters. The molecule has 6 heteroatoms. The fourth-order valence-electron chi connectivity index (χ4n) is 3.19. The number of carbonyl (C=O) groups is 1. The van der Waals surface area contributed by atoms with Gasteiger partial charge in [0.1, 0.15) is 0 Å². The van der Waals surface area contributed by atoms with Crippen molar-refractivity contribution in [3.05, 3.63) is 64.7 Å². The Morgan fingerprint density at radius 1 is 0.963 bits per heavy atom. The number of rotatable bonds is 5. The Morgan fingerprint density at radius 2 is 1.59 bits per heavy atom. The lowest BCUT2D eigenvalue weighted by Crippen LogP contribution is -2.35. The first-order valence-electron chi connectivity index (χ1n) is 9.25. The number of hydrogen-bond acceptors (Lipinski definition) is 3. The summed E-state index contributed by atoms with van der Waals surface area (Å²) in [5, 5.41) is 6.73. The SMILES string of the molecule is O=C(Cc1ccc(Cl)cc1)NC(=S)Nc1ccc(CN2CCCCC2)cc1.